The van der Waals surface area contributed by atoms with E-state index >= 15 is 0 Å². The summed E-state index contributed by atoms with van der Waals surface area (Å²) in [4.78, 5) is 40.4. The molecule has 0 radical (unpaired) electrons. The van der Waals surface area contributed by atoms with Crippen molar-refractivity contribution < 1.29 is 27.6 Å². The number of hydrogen-bond acceptors (Lipinski definition) is 3. The highest BCUT2D eigenvalue weighted by molar-refractivity contribution is 6.07. The molecule has 0 spiro atoms. The molecule has 1 heterocycles. The topological polar surface area (TPSA) is 78.5 Å². The van der Waals surface area contributed by atoms with Crippen LogP contribution in [0.1, 0.15) is 29.7 Å². The van der Waals surface area contributed by atoms with Crippen LogP contribution in [0.4, 0.5) is 18.9 Å². The van der Waals surface area contributed by atoms with Gasteiger partial charge in [-0.3, -0.25) is 14.4 Å². The van der Waals surface area contributed by atoms with E-state index in [2.05, 4.69) is 10.6 Å². The zero-order valence-corrected chi connectivity index (χ0v) is 19.6. The van der Waals surface area contributed by atoms with Crippen LogP contribution in [-0.2, 0) is 27.1 Å². The number of amides is 3. The molecule has 1 aliphatic heterocycles. The van der Waals surface area contributed by atoms with Gasteiger partial charge in [-0.2, -0.15) is 13.2 Å². The second kappa shape index (κ2) is 9.85. The molecule has 1 aliphatic rings. The summed E-state index contributed by atoms with van der Waals surface area (Å²) in [5.41, 5.74) is 2.64. The largest absolute Gasteiger partial charge is 0.416 e. The summed E-state index contributed by atoms with van der Waals surface area (Å²) in [7, 11) is 1.63. The summed E-state index contributed by atoms with van der Waals surface area (Å²) >= 11 is 0. The van der Waals surface area contributed by atoms with Gasteiger partial charge in [-0.1, -0.05) is 54.6 Å². The lowest BCUT2D eigenvalue weighted by atomic mass is 9.95. The van der Waals surface area contributed by atoms with E-state index in [-0.39, 0.29) is 12.5 Å². The fourth-order valence-corrected chi connectivity index (χ4v) is 4.11. The summed E-state index contributed by atoms with van der Waals surface area (Å²) < 4.78 is 38.2. The molecule has 4 rings (SSSR count). The van der Waals surface area contributed by atoms with Gasteiger partial charge in [0, 0.05) is 19.2 Å². The normalized spacial score (nSPS) is 15.9. The maximum atomic E-state index is 13.3. The van der Waals surface area contributed by atoms with Gasteiger partial charge in [0.2, 0.25) is 11.8 Å². The zero-order chi connectivity index (χ0) is 26.0. The lowest BCUT2D eigenvalue weighted by Crippen LogP contribution is -2.45. The summed E-state index contributed by atoms with van der Waals surface area (Å²) in [5.74, 6) is -2.75. The Hall–Kier alpha value is -4.14. The van der Waals surface area contributed by atoms with E-state index in [0.29, 0.717) is 16.8 Å². The Kier molecular flexibility index (Phi) is 6.83. The molecular weight excluding hydrogens is 471 g/mol. The first kappa shape index (κ1) is 25.0. The number of halogens is 3. The molecule has 0 saturated carbocycles. The van der Waals surface area contributed by atoms with Gasteiger partial charge >= 0.3 is 6.18 Å². The molecule has 0 aliphatic carbocycles. The fourth-order valence-electron chi connectivity index (χ4n) is 4.11. The van der Waals surface area contributed by atoms with Crippen LogP contribution < -0.4 is 15.5 Å². The van der Waals surface area contributed by atoms with Gasteiger partial charge in [-0.05, 0) is 41.8 Å². The van der Waals surface area contributed by atoms with Crippen LogP contribution in [0.3, 0.4) is 0 Å². The first-order valence-corrected chi connectivity index (χ1v) is 11.3. The standard InChI is InChI=1S/C27H24F3N3O3/c1-16(24(34)31-15-17-11-13-18(14-12-17)27(28,29)30)25(35)32-23-21-9-4-3-7-19(21)20-8-5-6-10-22(20)33(2)26(23)36/h3-14,16,23H,15H2,1-2H3,(H,31,34)(H,32,35). The maximum absolute atomic E-state index is 13.3. The van der Waals surface area contributed by atoms with Crippen molar-refractivity contribution in [3.63, 3.8) is 0 Å². The number of benzene rings is 3. The number of anilines is 1. The number of carbonyl (C=O) groups is 3. The number of hydrogen-bond donors (Lipinski definition) is 2. The van der Waals surface area contributed by atoms with Crippen LogP contribution in [0.5, 0.6) is 0 Å². The predicted octanol–water partition coefficient (Wildman–Crippen LogP) is 4.46. The minimum Gasteiger partial charge on any atom is -0.351 e. The highest BCUT2D eigenvalue weighted by atomic mass is 19.4. The third-order valence-electron chi connectivity index (χ3n) is 6.23. The van der Waals surface area contributed by atoms with E-state index < -0.39 is 35.5 Å². The van der Waals surface area contributed by atoms with Gasteiger partial charge in [0.1, 0.15) is 12.0 Å². The number of fused-ring (bicyclic) bond motifs is 3. The van der Waals surface area contributed by atoms with E-state index in [1.54, 1.807) is 19.2 Å². The fraction of sp³-hybridized carbons (Fsp3) is 0.222. The summed E-state index contributed by atoms with van der Waals surface area (Å²) in [6.45, 7) is 1.36. The van der Waals surface area contributed by atoms with Crippen molar-refractivity contribution in [2.45, 2.75) is 25.7 Å². The number of rotatable bonds is 5. The maximum Gasteiger partial charge on any atom is 0.416 e. The molecule has 0 bridgehead atoms. The first-order valence-electron chi connectivity index (χ1n) is 11.3. The minimum atomic E-state index is -4.45. The molecule has 0 saturated heterocycles. The molecule has 2 N–H and O–H groups in total. The van der Waals surface area contributed by atoms with Crippen molar-refractivity contribution in [2.24, 2.45) is 5.92 Å². The van der Waals surface area contributed by atoms with Crippen molar-refractivity contribution >= 4 is 23.4 Å². The highest BCUT2D eigenvalue weighted by Gasteiger charge is 2.35. The number of alkyl halides is 3. The highest BCUT2D eigenvalue weighted by Crippen LogP contribution is 2.39. The van der Waals surface area contributed by atoms with Crippen molar-refractivity contribution in [2.75, 3.05) is 11.9 Å². The number of para-hydroxylation sites is 1. The smallest absolute Gasteiger partial charge is 0.351 e. The number of carbonyl (C=O) groups excluding carboxylic acids is 3. The molecule has 2 unspecified atom stereocenters. The molecule has 3 aromatic rings. The van der Waals surface area contributed by atoms with Crippen LogP contribution >= 0.6 is 0 Å². The molecular formula is C27H24F3N3O3. The molecule has 6 nitrogen and oxygen atoms in total. The van der Waals surface area contributed by atoms with Crippen LogP contribution in [0.15, 0.2) is 72.8 Å². The Morgan fingerprint density at radius 2 is 1.53 bits per heavy atom. The monoisotopic (exact) mass is 495 g/mol. The third kappa shape index (κ3) is 4.95. The Morgan fingerprint density at radius 3 is 2.19 bits per heavy atom. The van der Waals surface area contributed by atoms with Gasteiger partial charge < -0.3 is 15.5 Å². The van der Waals surface area contributed by atoms with Crippen molar-refractivity contribution in [3.8, 4) is 11.1 Å². The zero-order valence-electron chi connectivity index (χ0n) is 19.6. The van der Waals surface area contributed by atoms with Gasteiger partial charge in [0.05, 0.1) is 11.3 Å². The molecule has 0 aromatic heterocycles. The Labute approximate surface area is 206 Å². The SMILES string of the molecule is CC(C(=O)NCc1ccc(C(F)(F)F)cc1)C(=O)NC1C(=O)N(C)c2ccccc2-c2ccccc21. The molecule has 186 valence electrons. The number of nitrogens with zero attached hydrogens (tertiary/aromatic N) is 1. The van der Waals surface area contributed by atoms with Gasteiger partial charge in [-0.15, -0.1) is 0 Å². The van der Waals surface area contributed by atoms with Gasteiger partial charge in [0.15, 0.2) is 0 Å². The van der Waals surface area contributed by atoms with Gasteiger partial charge in [0.25, 0.3) is 5.91 Å². The van der Waals surface area contributed by atoms with Crippen LogP contribution in [0.2, 0.25) is 0 Å². The second-order valence-electron chi connectivity index (χ2n) is 8.58. The van der Waals surface area contributed by atoms with Crippen LogP contribution in [-0.4, -0.2) is 24.8 Å². The summed E-state index contributed by atoms with van der Waals surface area (Å²) in [5, 5.41) is 5.28. The average Bonchev–Trinajstić information content (AvgIpc) is 2.96. The molecule has 0 fully saturated rings. The van der Waals surface area contributed by atoms with E-state index in [4.69, 9.17) is 0 Å². The lowest BCUT2D eigenvalue weighted by molar-refractivity contribution is -0.138. The third-order valence-corrected chi connectivity index (χ3v) is 6.23. The van der Waals surface area contributed by atoms with Crippen LogP contribution in [0, 0.1) is 5.92 Å². The Balaban J connectivity index is 1.47. The van der Waals surface area contributed by atoms with E-state index in [1.807, 2.05) is 36.4 Å². The number of likely N-dealkylation sites (N-methyl/N-ethyl adjacent to an activating group) is 1. The van der Waals surface area contributed by atoms with Crippen molar-refractivity contribution in [1.82, 2.24) is 10.6 Å². The molecule has 9 heteroatoms. The average molecular weight is 496 g/mol. The van der Waals surface area contributed by atoms with Crippen molar-refractivity contribution in [3.05, 3.63) is 89.5 Å². The lowest BCUT2D eigenvalue weighted by Gasteiger charge is -2.24. The quantitative estimate of drug-likeness (QED) is 0.513. The second-order valence-corrected chi connectivity index (χ2v) is 8.58. The molecule has 36 heavy (non-hydrogen) atoms. The number of nitrogens with one attached hydrogen (secondary N) is 2. The van der Waals surface area contributed by atoms with E-state index in [1.165, 1.54) is 24.0 Å². The molecule has 2 atom stereocenters. The molecule has 3 aromatic carbocycles. The summed E-state index contributed by atoms with van der Waals surface area (Å²) in [6, 6.07) is 18.1. The summed E-state index contributed by atoms with van der Waals surface area (Å²) in [6.07, 6.45) is -4.45. The predicted molar refractivity (Wildman–Crippen MR) is 129 cm³/mol. The van der Waals surface area contributed by atoms with Crippen LogP contribution in [0.25, 0.3) is 11.1 Å². The van der Waals surface area contributed by atoms with E-state index in [9.17, 15) is 27.6 Å². The Bertz CT molecular complexity index is 1310. The van der Waals surface area contributed by atoms with E-state index in [0.717, 1.165) is 23.3 Å². The minimum absolute atomic E-state index is 0.0438. The first-order chi connectivity index (χ1) is 17.1. The molecule has 3 amide bonds. The van der Waals surface area contributed by atoms with Crippen molar-refractivity contribution in [1.29, 1.82) is 0 Å². The Morgan fingerprint density at radius 1 is 0.917 bits per heavy atom. The van der Waals surface area contributed by atoms with Gasteiger partial charge in [-0.25, -0.2) is 0 Å².